The number of carbonyl (C=O) groups is 1. The number of nitrogens with zero attached hydrogens (tertiary/aromatic N) is 3. The van der Waals surface area contributed by atoms with Crippen LogP contribution in [0.5, 0.6) is 11.5 Å². The van der Waals surface area contributed by atoms with Crippen molar-refractivity contribution in [1.29, 1.82) is 0 Å². The fourth-order valence-electron chi connectivity index (χ4n) is 3.67. The maximum absolute atomic E-state index is 12.8. The molecule has 1 aliphatic heterocycles. The smallest absolute Gasteiger partial charge is 0.241 e. The van der Waals surface area contributed by atoms with Gasteiger partial charge >= 0.3 is 0 Å². The molecule has 31 heavy (non-hydrogen) atoms. The number of anilines is 1. The minimum Gasteiger partial charge on any atom is -0.457 e. The normalized spacial score (nSPS) is 15.9. The first-order chi connectivity index (χ1) is 15.2. The Hall–Kier alpha value is -3.22. The molecular weight excluding hydrogens is 388 g/mol. The summed E-state index contributed by atoms with van der Waals surface area (Å²) >= 11 is 0. The van der Waals surface area contributed by atoms with Crippen molar-refractivity contribution in [2.45, 2.75) is 19.5 Å². The number of hydrogen-bond donors (Lipinski definition) is 1. The van der Waals surface area contributed by atoms with E-state index in [0.29, 0.717) is 0 Å². The highest BCUT2D eigenvalue weighted by Gasteiger charge is 2.25. The van der Waals surface area contributed by atoms with Gasteiger partial charge in [0.25, 0.3) is 0 Å². The molecule has 1 saturated heterocycles. The lowest BCUT2D eigenvalue weighted by Gasteiger charge is -2.37. The second-order valence-electron chi connectivity index (χ2n) is 7.74. The van der Waals surface area contributed by atoms with Crippen LogP contribution in [0.3, 0.4) is 0 Å². The summed E-state index contributed by atoms with van der Waals surface area (Å²) < 4.78 is 5.80. The second kappa shape index (κ2) is 10.2. The van der Waals surface area contributed by atoms with Crippen molar-refractivity contribution in [3.63, 3.8) is 0 Å². The van der Waals surface area contributed by atoms with E-state index in [1.54, 1.807) is 0 Å². The number of amides is 1. The molecule has 1 N–H and O–H groups in total. The van der Waals surface area contributed by atoms with Crippen molar-refractivity contribution in [3.8, 4) is 11.5 Å². The summed E-state index contributed by atoms with van der Waals surface area (Å²) in [5.74, 6) is 1.53. The average molecular weight is 417 g/mol. The summed E-state index contributed by atoms with van der Waals surface area (Å²) in [7, 11) is 0. The van der Waals surface area contributed by atoms with Gasteiger partial charge in [-0.25, -0.2) is 0 Å². The summed E-state index contributed by atoms with van der Waals surface area (Å²) in [6, 6.07) is 22.9. The minimum atomic E-state index is -0.183. The fraction of sp³-hybridized carbons (Fsp3) is 0.280. The van der Waals surface area contributed by atoms with Crippen molar-refractivity contribution >= 4 is 11.6 Å². The van der Waals surface area contributed by atoms with Gasteiger partial charge in [0.2, 0.25) is 5.91 Å². The van der Waals surface area contributed by atoms with Gasteiger partial charge in [-0.2, -0.15) is 0 Å². The molecule has 1 aromatic heterocycles. The van der Waals surface area contributed by atoms with Gasteiger partial charge in [0.15, 0.2) is 0 Å². The van der Waals surface area contributed by atoms with Crippen LogP contribution in [0.25, 0.3) is 0 Å². The molecule has 6 heteroatoms. The number of rotatable bonds is 7. The van der Waals surface area contributed by atoms with Gasteiger partial charge in [0.1, 0.15) is 11.5 Å². The number of aromatic nitrogens is 1. The van der Waals surface area contributed by atoms with E-state index >= 15 is 0 Å². The van der Waals surface area contributed by atoms with Crippen molar-refractivity contribution < 1.29 is 9.53 Å². The molecule has 1 aliphatic rings. The SMILES string of the molecule is CC(C(=O)Nc1ccc(Oc2ccccc2)cc1)N1CCN(Cc2ccccn2)CC1. The zero-order valence-corrected chi connectivity index (χ0v) is 17.8. The summed E-state index contributed by atoms with van der Waals surface area (Å²) in [6.07, 6.45) is 1.83. The van der Waals surface area contributed by atoms with Crippen molar-refractivity contribution in [1.82, 2.24) is 14.8 Å². The highest BCUT2D eigenvalue weighted by molar-refractivity contribution is 5.94. The molecule has 1 atom stereocenters. The third-order valence-corrected chi connectivity index (χ3v) is 5.55. The van der Waals surface area contributed by atoms with Crippen LogP contribution in [0.15, 0.2) is 79.0 Å². The van der Waals surface area contributed by atoms with E-state index in [0.717, 1.165) is 55.6 Å². The standard InChI is InChI=1S/C25H28N4O2/c1-20(29-17-15-28(16-18-29)19-22-7-5-6-14-26-22)25(30)27-21-10-12-24(13-11-21)31-23-8-3-2-4-9-23/h2-14,20H,15-19H2,1H3,(H,27,30). The lowest BCUT2D eigenvalue weighted by Crippen LogP contribution is -2.52. The highest BCUT2D eigenvalue weighted by Crippen LogP contribution is 2.23. The van der Waals surface area contributed by atoms with Gasteiger partial charge in [-0.05, 0) is 55.5 Å². The molecule has 0 radical (unpaired) electrons. The number of para-hydroxylation sites is 1. The minimum absolute atomic E-state index is 0.00917. The Morgan fingerprint density at radius 2 is 1.61 bits per heavy atom. The van der Waals surface area contributed by atoms with Crippen LogP contribution in [0.2, 0.25) is 0 Å². The lowest BCUT2D eigenvalue weighted by atomic mass is 10.2. The molecule has 0 bridgehead atoms. The molecule has 2 aromatic carbocycles. The molecule has 1 fully saturated rings. The zero-order valence-electron chi connectivity index (χ0n) is 17.8. The second-order valence-corrected chi connectivity index (χ2v) is 7.74. The first-order valence-electron chi connectivity index (χ1n) is 10.7. The van der Waals surface area contributed by atoms with E-state index in [4.69, 9.17) is 4.74 Å². The molecule has 1 unspecified atom stereocenters. The summed E-state index contributed by atoms with van der Waals surface area (Å²) in [6.45, 7) is 6.42. The van der Waals surface area contributed by atoms with Gasteiger partial charge in [-0.3, -0.25) is 19.6 Å². The number of benzene rings is 2. The van der Waals surface area contributed by atoms with Gasteiger partial charge in [-0.1, -0.05) is 24.3 Å². The molecular formula is C25H28N4O2. The van der Waals surface area contributed by atoms with Crippen LogP contribution < -0.4 is 10.1 Å². The molecule has 3 aromatic rings. The van der Waals surface area contributed by atoms with E-state index in [1.165, 1.54) is 0 Å². The lowest BCUT2D eigenvalue weighted by molar-refractivity contribution is -0.121. The Labute approximate surface area is 183 Å². The molecule has 0 saturated carbocycles. The number of hydrogen-bond acceptors (Lipinski definition) is 5. The number of pyridine rings is 1. The van der Waals surface area contributed by atoms with Crippen molar-refractivity contribution in [3.05, 3.63) is 84.7 Å². The van der Waals surface area contributed by atoms with Gasteiger partial charge in [0.05, 0.1) is 11.7 Å². The van der Waals surface area contributed by atoms with Crippen molar-refractivity contribution in [2.75, 3.05) is 31.5 Å². The molecule has 160 valence electrons. The van der Waals surface area contributed by atoms with Gasteiger partial charge in [-0.15, -0.1) is 0 Å². The number of nitrogens with one attached hydrogen (secondary N) is 1. The Morgan fingerprint density at radius 1 is 0.935 bits per heavy atom. The van der Waals surface area contributed by atoms with E-state index < -0.39 is 0 Å². The van der Waals surface area contributed by atoms with E-state index in [1.807, 2.05) is 79.9 Å². The Morgan fingerprint density at radius 3 is 2.29 bits per heavy atom. The molecule has 6 nitrogen and oxygen atoms in total. The van der Waals surface area contributed by atoms with E-state index in [-0.39, 0.29) is 11.9 Å². The molecule has 2 heterocycles. The van der Waals surface area contributed by atoms with Gasteiger partial charge < -0.3 is 10.1 Å². The first kappa shape index (κ1) is 21.0. The summed E-state index contributed by atoms with van der Waals surface area (Å²) in [5, 5.41) is 3.02. The van der Waals surface area contributed by atoms with Crippen LogP contribution in [-0.2, 0) is 11.3 Å². The summed E-state index contributed by atoms with van der Waals surface area (Å²) in [5.41, 5.74) is 1.85. The molecule has 4 rings (SSSR count). The maximum atomic E-state index is 12.8. The van der Waals surface area contributed by atoms with E-state index in [9.17, 15) is 4.79 Å². The van der Waals surface area contributed by atoms with Crippen molar-refractivity contribution in [2.24, 2.45) is 0 Å². The average Bonchev–Trinajstić information content (AvgIpc) is 2.82. The number of ether oxygens (including phenoxy) is 1. The summed E-state index contributed by atoms with van der Waals surface area (Å²) in [4.78, 5) is 21.8. The van der Waals surface area contributed by atoms with Crippen LogP contribution in [0, 0.1) is 0 Å². The Balaban J connectivity index is 1.25. The Bertz CT molecular complexity index is 956. The highest BCUT2D eigenvalue weighted by atomic mass is 16.5. The first-order valence-corrected chi connectivity index (χ1v) is 10.7. The third-order valence-electron chi connectivity index (χ3n) is 5.55. The van der Waals surface area contributed by atoms with Crippen LogP contribution in [0.4, 0.5) is 5.69 Å². The number of piperazine rings is 1. The van der Waals surface area contributed by atoms with Crippen LogP contribution in [-0.4, -0.2) is 52.9 Å². The monoisotopic (exact) mass is 416 g/mol. The van der Waals surface area contributed by atoms with E-state index in [2.05, 4.69) is 26.2 Å². The third kappa shape index (κ3) is 5.90. The Kier molecular flexibility index (Phi) is 6.92. The number of carbonyl (C=O) groups excluding carboxylic acids is 1. The van der Waals surface area contributed by atoms with Crippen LogP contribution in [0.1, 0.15) is 12.6 Å². The predicted octanol–water partition coefficient (Wildman–Crippen LogP) is 4.02. The molecule has 0 aliphatic carbocycles. The fourth-order valence-corrected chi connectivity index (χ4v) is 3.67. The van der Waals surface area contributed by atoms with Gasteiger partial charge in [0, 0.05) is 44.6 Å². The zero-order chi connectivity index (χ0) is 21.5. The topological polar surface area (TPSA) is 57.7 Å². The quantitative estimate of drug-likeness (QED) is 0.631. The maximum Gasteiger partial charge on any atom is 0.241 e. The predicted molar refractivity (Wildman–Crippen MR) is 122 cm³/mol. The largest absolute Gasteiger partial charge is 0.457 e. The molecule has 0 spiro atoms. The molecule has 1 amide bonds. The van der Waals surface area contributed by atoms with Crippen LogP contribution >= 0.6 is 0 Å².